The summed E-state index contributed by atoms with van der Waals surface area (Å²) in [4.78, 5) is 13.9. The lowest BCUT2D eigenvalue weighted by atomic mass is 9.86. The Morgan fingerprint density at radius 3 is 2.69 bits per heavy atom. The van der Waals surface area contributed by atoms with Crippen molar-refractivity contribution in [1.29, 1.82) is 5.26 Å². The zero-order valence-electron chi connectivity index (χ0n) is 10.1. The zero-order valence-corrected chi connectivity index (χ0v) is 10.1. The SMILES string of the molecule is CC(C)(C)C(N)C(=O)N1CC2C[C@H]2C1C#N. The van der Waals surface area contributed by atoms with Crippen molar-refractivity contribution < 1.29 is 4.79 Å². The maximum Gasteiger partial charge on any atom is 0.241 e. The standard InChI is InChI=1S/C12H19N3O/c1-12(2,3)10(14)11(16)15-6-7-4-8(7)9(15)5-13/h7-10H,4,6,14H2,1-3H3/t7?,8-,9?,10?/m1/s1. The molecule has 0 aromatic carbocycles. The lowest BCUT2D eigenvalue weighted by Gasteiger charge is -2.32. The van der Waals surface area contributed by atoms with Crippen LogP contribution in [0.15, 0.2) is 0 Å². The van der Waals surface area contributed by atoms with Gasteiger partial charge in [0.2, 0.25) is 5.91 Å². The summed E-state index contributed by atoms with van der Waals surface area (Å²) in [6.07, 6.45) is 1.10. The molecule has 1 aliphatic carbocycles. The van der Waals surface area contributed by atoms with E-state index in [0.29, 0.717) is 11.8 Å². The van der Waals surface area contributed by atoms with Crippen molar-refractivity contribution in [2.75, 3.05) is 6.54 Å². The molecule has 2 N–H and O–H groups in total. The first-order valence-electron chi connectivity index (χ1n) is 5.82. The van der Waals surface area contributed by atoms with E-state index in [1.807, 2.05) is 20.8 Å². The van der Waals surface area contributed by atoms with Crippen molar-refractivity contribution in [3.05, 3.63) is 0 Å². The lowest BCUT2D eigenvalue weighted by molar-refractivity contribution is -0.135. The number of fused-ring (bicyclic) bond motifs is 1. The summed E-state index contributed by atoms with van der Waals surface area (Å²) in [7, 11) is 0. The van der Waals surface area contributed by atoms with Gasteiger partial charge in [-0.25, -0.2) is 0 Å². The van der Waals surface area contributed by atoms with E-state index < -0.39 is 6.04 Å². The van der Waals surface area contributed by atoms with Crippen LogP contribution in [-0.2, 0) is 4.79 Å². The van der Waals surface area contributed by atoms with Crippen LogP contribution < -0.4 is 5.73 Å². The number of hydrogen-bond donors (Lipinski definition) is 1. The third-order valence-corrected chi connectivity index (χ3v) is 3.76. The smallest absolute Gasteiger partial charge is 0.241 e. The van der Waals surface area contributed by atoms with Gasteiger partial charge in [0.1, 0.15) is 6.04 Å². The predicted octanol–water partition coefficient (Wildman–Crippen LogP) is 0.730. The minimum atomic E-state index is -0.513. The van der Waals surface area contributed by atoms with Gasteiger partial charge in [-0.3, -0.25) is 4.79 Å². The maximum absolute atomic E-state index is 12.2. The van der Waals surface area contributed by atoms with Gasteiger partial charge in [-0.15, -0.1) is 0 Å². The van der Waals surface area contributed by atoms with E-state index in [0.717, 1.165) is 13.0 Å². The van der Waals surface area contributed by atoms with E-state index in [1.54, 1.807) is 4.90 Å². The molecule has 4 nitrogen and oxygen atoms in total. The van der Waals surface area contributed by atoms with Crippen molar-refractivity contribution in [3.8, 4) is 6.07 Å². The molecule has 1 saturated carbocycles. The third kappa shape index (κ3) is 1.69. The van der Waals surface area contributed by atoms with Gasteiger partial charge in [0.25, 0.3) is 0 Å². The Morgan fingerprint density at radius 1 is 1.56 bits per heavy atom. The number of hydrogen-bond acceptors (Lipinski definition) is 3. The van der Waals surface area contributed by atoms with Crippen LogP contribution in [0.2, 0.25) is 0 Å². The van der Waals surface area contributed by atoms with Crippen molar-refractivity contribution in [2.24, 2.45) is 23.0 Å². The molecular formula is C12H19N3O. The molecule has 2 fully saturated rings. The predicted molar refractivity (Wildman–Crippen MR) is 60.1 cm³/mol. The largest absolute Gasteiger partial charge is 0.325 e. The minimum Gasteiger partial charge on any atom is -0.325 e. The second-order valence-corrected chi connectivity index (χ2v) is 6.07. The van der Waals surface area contributed by atoms with Gasteiger partial charge in [-0.2, -0.15) is 5.26 Å². The molecule has 1 saturated heterocycles. The Kier molecular flexibility index (Phi) is 2.47. The maximum atomic E-state index is 12.2. The summed E-state index contributed by atoms with van der Waals surface area (Å²) in [6.45, 7) is 6.58. The molecule has 1 heterocycles. The average Bonchev–Trinajstić information content (AvgIpc) is 2.87. The van der Waals surface area contributed by atoms with Crippen LogP contribution >= 0.6 is 0 Å². The van der Waals surface area contributed by atoms with Crippen LogP contribution in [0.25, 0.3) is 0 Å². The van der Waals surface area contributed by atoms with E-state index in [-0.39, 0.29) is 17.4 Å². The Balaban J connectivity index is 2.09. The van der Waals surface area contributed by atoms with Gasteiger partial charge in [0.15, 0.2) is 0 Å². The highest BCUT2D eigenvalue weighted by Crippen LogP contribution is 2.49. The number of carbonyl (C=O) groups is 1. The lowest BCUT2D eigenvalue weighted by Crippen LogP contribution is -2.52. The number of piperidine rings is 1. The Labute approximate surface area is 96.4 Å². The highest BCUT2D eigenvalue weighted by atomic mass is 16.2. The number of likely N-dealkylation sites (tertiary alicyclic amines) is 1. The van der Waals surface area contributed by atoms with Crippen LogP contribution in [-0.4, -0.2) is 29.4 Å². The summed E-state index contributed by atoms with van der Waals surface area (Å²) in [5.41, 5.74) is 5.70. The first-order chi connectivity index (χ1) is 7.36. The van der Waals surface area contributed by atoms with E-state index in [1.165, 1.54) is 0 Å². The molecule has 88 valence electrons. The third-order valence-electron chi connectivity index (χ3n) is 3.76. The summed E-state index contributed by atoms with van der Waals surface area (Å²) >= 11 is 0. The van der Waals surface area contributed by atoms with E-state index in [9.17, 15) is 4.79 Å². The molecule has 1 amide bonds. The quantitative estimate of drug-likeness (QED) is 0.709. The molecule has 0 radical (unpaired) electrons. The van der Waals surface area contributed by atoms with Crippen molar-refractivity contribution in [3.63, 3.8) is 0 Å². The Morgan fingerprint density at radius 2 is 2.19 bits per heavy atom. The van der Waals surface area contributed by atoms with Crippen LogP contribution in [0.5, 0.6) is 0 Å². The summed E-state index contributed by atoms with van der Waals surface area (Å²) < 4.78 is 0. The van der Waals surface area contributed by atoms with E-state index >= 15 is 0 Å². The molecule has 0 aromatic rings. The number of carbonyl (C=O) groups excluding carboxylic acids is 1. The molecule has 3 unspecified atom stereocenters. The normalized spacial score (nSPS) is 34.2. The molecule has 16 heavy (non-hydrogen) atoms. The van der Waals surface area contributed by atoms with Gasteiger partial charge in [-0.05, 0) is 23.7 Å². The fourth-order valence-electron chi connectivity index (χ4n) is 2.41. The van der Waals surface area contributed by atoms with Gasteiger partial charge in [0.05, 0.1) is 12.1 Å². The van der Waals surface area contributed by atoms with Crippen molar-refractivity contribution >= 4 is 5.91 Å². The van der Waals surface area contributed by atoms with Gasteiger partial charge in [-0.1, -0.05) is 20.8 Å². The molecule has 4 heteroatoms. The fraction of sp³-hybridized carbons (Fsp3) is 0.833. The van der Waals surface area contributed by atoms with Crippen LogP contribution in [0, 0.1) is 28.6 Å². The fourth-order valence-corrected chi connectivity index (χ4v) is 2.41. The summed E-state index contributed by atoms with van der Waals surface area (Å²) in [6, 6.07) is 1.50. The topological polar surface area (TPSA) is 70.1 Å². The second-order valence-electron chi connectivity index (χ2n) is 6.07. The molecule has 2 aliphatic rings. The van der Waals surface area contributed by atoms with Crippen molar-refractivity contribution in [1.82, 2.24) is 4.90 Å². The van der Waals surface area contributed by atoms with Gasteiger partial charge < -0.3 is 10.6 Å². The molecule has 0 bridgehead atoms. The average molecular weight is 221 g/mol. The number of nitriles is 1. The van der Waals surface area contributed by atoms with Crippen LogP contribution in [0.1, 0.15) is 27.2 Å². The molecule has 0 aromatic heterocycles. The van der Waals surface area contributed by atoms with Crippen LogP contribution in [0.4, 0.5) is 0 Å². The molecule has 4 atom stereocenters. The van der Waals surface area contributed by atoms with Crippen molar-refractivity contribution in [2.45, 2.75) is 39.3 Å². The minimum absolute atomic E-state index is 0.0637. The van der Waals surface area contributed by atoms with E-state index in [4.69, 9.17) is 11.0 Å². The molecule has 2 rings (SSSR count). The number of rotatable bonds is 1. The Hall–Kier alpha value is -1.08. The number of nitrogens with two attached hydrogens (primary N) is 1. The zero-order chi connectivity index (χ0) is 12.1. The van der Waals surface area contributed by atoms with Gasteiger partial charge >= 0.3 is 0 Å². The highest BCUT2D eigenvalue weighted by molar-refractivity contribution is 5.83. The summed E-state index contributed by atoms with van der Waals surface area (Å²) in [5, 5.41) is 9.08. The highest BCUT2D eigenvalue weighted by Gasteiger charge is 2.55. The first kappa shape index (κ1) is 11.4. The molecular weight excluding hydrogens is 202 g/mol. The Bertz CT molecular complexity index is 352. The molecule has 0 spiro atoms. The summed E-state index contributed by atoms with van der Waals surface area (Å²) in [5.74, 6) is 0.910. The van der Waals surface area contributed by atoms with Crippen LogP contribution in [0.3, 0.4) is 0 Å². The first-order valence-corrected chi connectivity index (χ1v) is 5.82. The monoisotopic (exact) mass is 221 g/mol. The van der Waals surface area contributed by atoms with E-state index in [2.05, 4.69) is 6.07 Å². The molecule has 1 aliphatic heterocycles. The number of amides is 1. The number of nitrogens with zero attached hydrogens (tertiary/aromatic N) is 2. The second kappa shape index (κ2) is 3.46. The van der Waals surface area contributed by atoms with Gasteiger partial charge in [0, 0.05) is 6.54 Å².